The van der Waals surface area contributed by atoms with Crippen LogP contribution in [0.25, 0.3) is 16.9 Å². The van der Waals surface area contributed by atoms with E-state index in [0.717, 1.165) is 59.3 Å². The second-order valence-corrected chi connectivity index (χ2v) is 8.51. The molecule has 3 nitrogen and oxygen atoms in total. The van der Waals surface area contributed by atoms with Crippen LogP contribution in [-0.4, -0.2) is 23.1 Å². The van der Waals surface area contributed by atoms with E-state index in [1.165, 1.54) is 23.4 Å². The van der Waals surface area contributed by atoms with Gasteiger partial charge in [-0.3, -0.25) is 4.90 Å². The Morgan fingerprint density at radius 2 is 1.72 bits per heavy atom. The summed E-state index contributed by atoms with van der Waals surface area (Å²) in [6, 6.07) is 25.2. The maximum Gasteiger partial charge on any atom is 0.123 e. The lowest BCUT2D eigenvalue weighted by atomic mass is 10.1. The van der Waals surface area contributed by atoms with E-state index in [0.29, 0.717) is 0 Å². The van der Waals surface area contributed by atoms with Gasteiger partial charge in [0, 0.05) is 31.7 Å². The Bertz CT molecular complexity index is 1230. The first-order chi connectivity index (χ1) is 15.6. The first kappa shape index (κ1) is 20.8. The highest BCUT2D eigenvalue weighted by Gasteiger charge is 2.24. The zero-order chi connectivity index (χ0) is 22.1. The first-order valence-electron chi connectivity index (χ1n) is 10.7. The number of ether oxygens (including phenoxy) is 1. The van der Waals surface area contributed by atoms with Gasteiger partial charge in [-0.15, -0.1) is 0 Å². The topological polar surface area (TPSA) is 17.4 Å². The Kier molecular flexibility index (Phi) is 5.73. The standard InChI is InChI=1S/C27H24ClFN2O/c1-32-23-12-8-20(9-13-23)27-16-21-18-30(17-19-6-10-22(29)11-7-19)15-14-25(21)31(27)26-5-3-2-4-24(26)28/h2-13,16H,14-15,17-18H2,1H3. The van der Waals surface area contributed by atoms with Crippen LogP contribution in [0.1, 0.15) is 16.8 Å². The number of rotatable bonds is 5. The van der Waals surface area contributed by atoms with Crippen molar-refractivity contribution in [3.8, 4) is 22.7 Å². The number of para-hydroxylation sites is 1. The Balaban J connectivity index is 1.54. The van der Waals surface area contributed by atoms with Crippen molar-refractivity contribution in [2.45, 2.75) is 19.5 Å². The van der Waals surface area contributed by atoms with Crippen molar-refractivity contribution in [1.29, 1.82) is 0 Å². The second-order valence-electron chi connectivity index (χ2n) is 8.10. The molecule has 162 valence electrons. The molecule has 0 saturated carbocycles. The summed E-state index contributed by atoms with van der Waals surface area (Å²) in [6.45, 7) is 2.57. The number of hydrogen-bond donors (Lipinski definition) is 0. The lowest BCUT2D eigenvalue weighted by Gasteiger charge is -2.28. The van der Waals surface area contributed by atoms with Crippen molar-refractivity contribution in [3.63, 3.8) is 0 Å². The fraction of sp³-hybridized carbons (Fsp3) is 0.185. The monoisotopic (exact) mass is 446 g/mol. The molecule has 32 heavy (non-hydrogen) atoms. The van der Waals surface area contributed by atoms with Gasteiger partial charge in [0.25, 0.3) is 0 Å². The minimum Gasteiger partial charge on any atom is -0.497 e. The number of methoxy groups -OCH3 is 1. The van der Waals surface area contributed by atoms with Crippen molar-refractivity contribution in [1.82, 2.24) is 9.47 Å². The molecule has 0 saturated heterocycles. The minimum atomic E-state index is -0.198. The Morgan fingerprint density at radius 1 is 0.969 bits per heavy atom. The van der Waals surface area contributed by atoms with Crippen LogP contribution in [0.4, 0.5) is 4.39 Å². The lowest BCUT2D eigenvalue weighted by molar-refractivity contribution is 0.243. The first-order valence-corrected chi connectivity index (χ1v) is 11.1. The fourth-order valence-corrected chi connectivity index (χ4v) is 4.68. The number of benzene rings is 3. The van der Waals surface area contributed by atoms with Gasteiger partial charge in [-0.25, -0.2) is 4.39 Å². The van der Waals surface area contributed by atoms with Crippen molar-refractivity contribution >= 4 is 11.6 Å². The van der Waals surface area contributed by atoms with Crippen LogP contribution < -0.4 is 4.74 Å². The van der Waals surface area contributed by atoms with Crippen molar-refractivity contribution in [2.24, 2.45) is 0 Å². The average Bonchev–Trinajstić information content (AvgIpc) is 3.19. The molecular weight excluding hydrogens is 423 g/mol. The molecule has 1 aliphatic rings. The third-order valence-electron chi connectivity index (χ3n) is 6.05. The van der Waals surface area contributed by atoms with Crippen molar-refractivity contribution in [3.05, 3.63) is 107 Å². The zero-order valence-corrected chi connectivity index (χ0v) is 18.6. The summed E-state index contributed by atoms with van der Waals surface area (Å²) in [5.41, 5.74) is 6.94. The van der Waals surface area contributed by atoms with Crippen molar-refractivity contribution < 1.29 is 9.13 Å². The van der Waals surface area contributed by atoms with E-state index in [-0.39, 0.29) is 5.82 Å². The van der Waals surface area contributed by atoms with Gasteiger partial charge < -0.3 is 9.30 Å². The Hall–Kier alpha value is -3.08. The van der Waals surface area contributed by atoms with Gasteiger partial charge in [0.2, 0.25) is 0 Å². The van der Waals surface area contributed by atoms with E-state index in [4.69, 9.17) is 16.3 Å². The minimum absolute atomic E-state index is 0.198. The van der Waals surface area contributed by atoms with Crippen LogP contribution in [0.2, 0.25) is 5.02 Å². The maximum absolute atomic E-state index is 13.3. The molecule has 3 aromatic carbocycles. The molecule has 0 radical (unpaired) electrons. The van der Waals surface area contributed by atoms with E-state index in [1.54, 1.807) is 7.11 Å². The summed E-state index contributed by atoms with van der Waals surface area (Å²) in [5, 5.41) is 0.731. The zero-order valence-electron chi connectivity index (χ0n) is 17.9. The Labute approximate surface area is 192 Å². The number of fused-ring (bicyclic) bond motifs is 1. The van der Waals surface area contributed by atoms with Crippen LogP contribution in [-0.2, 0) is 19.5 Å². The molecular formula is C27H24ClFN2O. The van der Waals surface area contributed by atoms with Gasteiger partial charge in [-0.1, -0.05) is 35.9 Å². The van der Waals surface area contributed by atoms with Gasteiger partial charge in [0.1, 0.15) is 11.6 Å². The number of nitrogens with zero attached hydrogens (tertiary/aromatic N) is 2. The summed E-state index contributed by atoms with van der Waals surface area (Å²) in [4.78, 5) is 2.41. The maximum atomic E-state index is 13.3. The van der Waals surface area contributed by atoms with Crippen molar-refractivity contribution in [2.75, 3.05) is 13.7 Å². The van der Waals surface area contributed by atoms with E-state index >= 15 is 0 Å². The van der Waals surface area contributed by atoms with Crippen LogP contribution in [0.3, 0.4) is 0 Å². The molecule has 1 aromatic heterocycles. The molecule has 0 aliphatic carbocycles. The van der Waals surface area contributed by atoms with Gasteiger partial charge in [0.05, 0.1) is 23.5 Å². The van der Waals surface area contributed by atoms with Gasteiger partial charge in [0.15, 0.2) is 0 Å². The quantitative estimate of drug-likeness (QED) is 0.348. The Morgan fingerprint density at radius 3 is 2.44 bits per heavy atom. The number of halogens is 2. The van der Waals surface area contributed by atoms with Gasteiger partial charge >= 0.3 is 0 Å². The normalized spacial score (nSPS) is 13.7. The predicted molar refractivity (Wildman–Crippen MR) is 127 cm³/mol. The highest BCUT2D eigenvalue weighted by atomic mass is 35.5. The molecule has 5 heteroatoms. The molecule has 0 unspecified atom stereocenters. The van der Waals surface area contributed by atoms with Crippen LogP contribution in [0, 0.1) is 5.82 Å². The number of aromatic nitrogens is 1. The van der Waals surface area contributed by atoms with E-state index in [2.05, 4.69) is 33.7 Å². The largest absolute Gasteiger partial charge is 0.497 e. The molecule has 0 spiro atoms. The summed E-state index contributed by atoms with van der Waals surface area (Å²) in [5.74, 6) is 0.635. The number of hydrogen-bond acceptors (Lipinski definition) is 2. The average molecular weight is 447 g/mol. The predicted octanol–water partition coefficient (Wildman–Crippen LogP) is 6.50. The third-order valence-corrected chi connectivity index (χ3v) is 6.37. The molecule has 0 N–H and O–H groups in total. The molecule has 0 atom stereocenters. The van der Waals surface area contributed by atoms with Gasteiger partial charge in [-0.05, 0) is 71.3 Å². The highest BCUT2D eigenvalue weighted by molar-refractivity contribution is 6.32. The van der Waals surface area contributed by atoms with Crippen LogP contribution in [0.5, 0.6) is 5.75 Å². The molecule has 5 rings (SSSR count). The fourth-order valence-electron chi connectivity index (χ4n) is 4.46. The van der Waals surface area contributed by atoms with E-state index < -0.39 is 0 Å². The van der Waals surface area contributed by atoms with Crippen LogP contribution >= 0.6 is 11.6 Å². The van der Waals surface area contributed by atoms with E-state index in [1.807, 2.05) is 42.5 Å². The van der Waals surface area contributed by atoms with Crippen LogP contribution in [0.15, 0.2) is 78.9 Å². The second kappa shape index (κ2) is 8.81. The lowest BCUT2D eigenvalue weighted by Crippen LogP contribution is -2.30. The molecule has 4 aromatic rings. The molecule has 0 amide bonds. The molecule has 1 aliphatic heterocycles. The molecule has 0 bridgehead atoms. The third kappa shape index (κ3) is 4.04. The summed E-state index contributed by atoms with van der Waals surface area (Å²) >= 11 is 6.63. The summed E-state index contributed by atoms with van der Waals surface area (Å²) in [6.07, 6.45) is 0.915. The molecule has 0 fully saturated rings. The van der Waals surface area contributed by atoms with Gasteiger partial charge in [-0.2, -0.15) is 0 Å². The summed E-state index contributed by atoms with van der Waals surface area (Å²) < 4.78 is 20.9. The summed E-state index contributed by atoms with van der Waals surface area (Å²) in [7, 11) is 1.68. The molecule has 2 heterocycles. The smallest absolute Gasteiger partial charge is 0.123 e. The highest BCUT2D eigenvalue weighted by Crippen LogP contribution is 2.36. The van der Waals surface area contributed by atoms with E-state index in [9.17, 15) is 4.39 Å². The SMILES string of the molecule is COc1ccc(-c2cc3c(n2-c2ccccc2Cl)CCN(Cc2ccc(F)cc2)C3)cc1.